The molecule has 0 spiro atoms. The van der Waals surface area contributed by atoms with E-state index >= 15 is 0 Å². The Morgan fingerprint density at radius 3 is 1.46 bits per heavy atom. The van der Waals surface area contributed by atoms with Crippen molar-refractivity contribution in [3.8, 4) is 56.0 Å². The molecular formula is C67H57N3O. The predicted molar refractivity (Wildman–Crippen MR) is 294 cm³/mol. The molecule has 7 aromatic carbocycles. The van der Waals surface area contributed by atoms with Crippen molar-refractivity contribution in [3.05, 3.63) is 258 Å². The zero-order chi connectivity index (χ0) is 52.0. The van der Waals surface area contributed by atoms with Gasteiger partial charge in [-0.3, -0.25) is 15.0 Å². The number of hydrogen-bond donors (Lipinski definition) is 0. The molecule has 4 heterocycles. The van der Waals surface area contributed by atoms with E-state index in [1.54, 1.807) is 0 Å². The van der Waals surface area contributed by atoms with Crippen LogP contribution in [0.3, 0.4) is 0 Å². The monoisotopic (exact) mass is 923 g/mol. The first kappa shape index (κ1) is 40.7. The average Bonchev–Trinajstić information content (AvgIpc) is 3.82. The summed E-state index contributed by atoms with van der Waals surface area (Å²) in [6, 6.07) is 68.6. The van der Waals surface area contributed by atoms with E-state index in [4.69, 9.17) is 19.4 Å². The predicted octanol–water partition coefficient (Wildman–Crippen LogP) is 16.9. The van der Waals surface area contributed by atoms with Crippen molar-refractivity contribution in [3.63, 3.8) is 0 Å². The first-order valence-electron chi connectivity index (χ1n) is 26.4. The lowest BCUT2D eigenvalue weighted by atomic mass is 9.77. The third kappa shape index (κ3) is 9.71. The molecule has 0 N–H and O–H groups in total. The van der Waals surface area contributed by atoms with E-state index in [9.17, 15) is 5.48 Å². The maximum atomic E-state index is 10.1. The van der Waals surface area contributed by atoms with E-state index in [0.29, 0.717) is 29.7 Å². The summed E-state index contributed by atoms with van der Waals surface area (Å²) < 4.78 is 46.9. The van der Waals surface area contributed by atoms with Crippen LogP contribution in [0.15, 0.2) is 229 Å². The first-order valence-corrected chi connectivity index (χ1v) is 24.4. The van der Waals surface area contributed by atoms with Crippen molar-refractivity contribution < 1.29 is 9.90 Å². The van der Waals surface area contributed by atoms with E-state index < -0.39 is 23.6 Å². The Morgan fingerprint density at radius 2 is 0.915 bits per heavy atom. The van der Waals surface area contributed by atoms with Gasteiger partial charge in [0.05, 0.1) is 17.1 Å². The van der Waals surface area contributed by atoms with E-state index in [0.717, 1.165) is 83.4 Å². The SMILES string of the molecule is [2H]C([2H])(c1cc(CC(C)(C)c2ccc(-c3ccccc3)nc2)cc(CC(C)(C)c2ccc(-c3ccccc3)nc2)c1)C([2H])([2H])c1cnc(-c2cccc3c2oc2cc(-c4ccccc4)ccc23)cc1-c1ccccc1. The van der Waals surface area contributed by atoms with Crippen molar-refractivity contribution in [2.45, 2.75) is 64.1 Å². The van der Waals surface area contributed by atoms with Crippen molar-refractivity contribution in [1.29, 1.82) is 0 Å². The summed E-state index contributed by atoms with van der Waals surface area (Å²) in [7, 11) is 0. The van der Waals surface area contributed by atoms with Crippen LogP contribution in [0, 0.1) is 0 Å². The number of aromatic nitrogens is 3. The number of benzene rings is 7. The largest absolute Gasteiger partial charge is 0.455 e. The molecular weight excluding hydrogens is 863 g/mol. The topological polar surface area (TPSA) is 51.8 Å². The molecule has 0 saturated carbocycles. The minimum Gasteiger partial charge on any atom is -0.455 e. The third-order valence-electron chi connectivity index (χ3n) is 13.8. The molecule has 0 atom stereocenters. The molecule has 0 radical (unpaired) electrons. The van der Waals surface area contributed by atoms with Gasteiger partial charge in [-0.05, 0) is 128 Å². The zero-order valence-electron chi connectivity index (χ0n) is 44.5. The van der Waals surface area contributed by atoms with Gasteiger partial charge in [-0.2, -0.15) is 0 Å². The second-order valence-corrected chi connectivity index (χ2v) is 19.8. The number of nitrogens with zero attached hydrogens (tertiary/aromatic N) is 3. The molecule has 0 unspecified atom stereocenters. The summed E-state index contributed by atoms with van der Waals surface area (Å²) in [6.45, 7) is 8.74. The molecule has 0 fully saturated rings. The lowest BCUT2D eigenvalue weighted by molar-refractivity contribution is 0.512. The maximum Gasteiger partial charge on any atom is 0.144 e. The van der Waals surface area contributed by atoms with Gasteiger partial charge in [-0.15, -0.1) is 0 Å². The van der Waals surface area contributed by atoms with Gasteiger partial charge in [-0.1, -0.05) is 198 Å². The fraction of sp³-hybridized carbons (Fsp3) is 0.149. The van der Waals surface area contributed by atoms with Crippen LogP contribution >= 0.6 is 0 Å². The Bertz CT molecular complexity index is 3690. The number of aryl methyl sites for hydroxylation is 2. The van der Waals surface area contributed by atoms with Gasteiger partial charge in [0.2, 0.25) is 0 Å². The van der Waals surface area contributed by atoms with Crippen molar-refractivity contribution in [2.24, 2.45) is 0 Å². The van der Waals surface area contributed by atoms with Crippen LogP contribution < -0.4 is 0 Å². The smallest absolute Gasteiger partial charge is 0.144 e. The summed E-state index contributed by atoms with van der Waals surface area (Å²) >= 11 is 0. The fourth-order valence-electron chi connectivity index (χ4n) is 9.92. The molecule has 0 aliphatic heterocycles. The van der Waals surface area contributed by atoms with Crippen LogP contribution in [0.1, 0.15) is 66.6 Å². The Morgan fingerprint density at radius 1 is 0.394 bits per heavy atom. The second kappa shape index (κ2) is 19.3. The number of fused-ring (bicyclic) bond motifs is 3. The summed E-state index contributed by atoms with van der Waals surface area (Å²) in [5, 5.41) is 1.93. The van der Waals surface area contributed by atoms with Gasteiger partial charge < -0.3 is 4.42 Å². The highest BCUT2D eigenvalue weighted by molar-refractivity contribution is 6.10. The van der Waals surface area contributed by atoms with Crippen LogP contribution in [0.4, 0.5) is 0 Å². The number of hydrogen-bond acceptors (Lipinski definition) is 4. The molecule has 346 valence electrons. The minimum absolute atomic E-state index is 0.147. The van der Waals surface area contributed by atoms with Crippen LogP contribution in [0.2, 0.25) is 0 Å². The van der Waals surface area contributed by atoms with Gasteiger partial charge in [0.15, 0.2) is 0 Å². The summed E-state index contributed by atoms with van der Waals surface area (Å²) in [5.41, 5.74) is 13.6. The van der Waals surface area contributed by atoms with Crippen LogP contribution in [0.25, 0.3) is 78.0 Å². The Balaban J connectivity index is 0.985. The highest BCUT2D eigenvalue weighted by Crippen LogP contribution is 2.39. The number of para-hydroxylation sites is 1. The van der Waals surface area contributed by atoms with Gasteiger partial charge in [0, 0.05) is 51.5 Å². The highest BCUT2D eigenvalue weighted by Gasteiger charge is 2.26. The van der Waals surface area contributed by atoms with Gasteiger partial charge in [0.1, 0.15) is 11.2 Å². The molecule has 4 aromatic heterocycles. The van der Waals surface area contributed by atoms with Crippen molar-refractivity contribution in [1.82, 2.24) is 15.0 Å². The lowest BCUT2D eigenvalue weighted by Gasteiger charge is -2.28. The molecule has 0 aliphatic carbocycles. The zero-order valence-corrected chi connectivity index (χ0v) is 40.5. The maximum absolute atomic E-state index is 10.1. The fourth-order valence-corrected chi connectivity index (χ4v) is 9.92. The lowest BCUT2D eigenvalue weighted by Crippen LogP contribution is -2.23. The molecule has 0 bridgehead atoms. The molecule has 11 aromatic rings. The third-order valence-corrected chi connectivity index (χ3v) is 13.8. The summed E-state index contributed by atoms with van der Waals surface area (Å²) in [6.07, 6.45) is 1.42. The van der Waals surface area contributed by atoms with Gasteiger partial charge in [0.25, 0.3) is 0 Å². The summed E-state index contributed by atoms with van der Waals surface area (Å²) in [4.78, 5) is 14.7. The van der Waals surface area contributed by atoms with Crippen LogP contribution in [0.5, 0.6) is 0 Å². The average molecular weight is 924 g/mol. The second-order valence-electron chi connectivity index (χ2n) is 19.8. The summed E-state index contributed by atoms with van der Waals surface area (Å²) in [5.74, 6) is 0. The number of rotatable bonds is 14. The van der Waals surface area contributed by atoms with Crippen LogP contribution in [-0.4, -0.2) is 15.0 Å². The Hall–Kier alpha value is -8.21. The Kier molecular flexibility index (Phi) is 11.0. The van der Waals surface area contributed by atoms with Crippen molar-refractivity contribution in [2.75, 3.05) is 0 Å². The molecule has 4 nitrogen and oxygen atoms in total. The molecule has 4 heteroatoms. The van der Waals surface area contributed by atoms with Crippen molar-refractivity contribution >= 4 is 21.9 Å². The first-order chi connectivity index (χ1) is 36.1. The normalized spacial score (nSPS) is 13.1. The van der Waals surface area contributed by atoms with E-state index in [1.807, 2.05) is 134 Å². The quantitative estimate of drug-likeness (QED) is 0.109. The van der Waals surface area contributed by atoms with E-state index in [2.05, 4.69) is 113 Å². The number of pyridine rings is 3. The molecule has 0 aliphatic rings. The standard InChI is InChI=1S/C67H57N3O/c1-66(2,55-31-34-61(69-44-55)51-22-13-7-14-23-51)41-47-36-46(37-48(38-47)42-67(3,4)56-32-35-62(70-45-56)52-24-15-8-16-25-52)28-29-54-43-68-63(40-60(54)50-20-11-6-12-21-50)59-27-17-26-58-57-33-30-53(39-64(57)71-65(58)59)49-18-9-5-10-19-49/h5-27,30-40,43-45H,28-29,41-42H2,1-4H3/i28D2,29D2. The van der Waals surface area contributed by atoms with Gasteiger partial charge >= 0.3 is 0 Å². The minimum atomic E-state index is -2.57. The molecule has 0 saturated heterocycles. The molecule has 11 rings (SSSR count). The molecule has 71 heavy (non-hydrogen) atoms. The highest BCUT2D eigenvalue weighted by atomic mass is 16.3. The number of furan rings is 1. The molecule has 0 amide bonds. The Labute approximate surface area is 423 Å². The van der Waals surface area contributed by atoms with Crippen LogP contribution in [-0.2, 0) is 36.4 Å². The van der Waals surface area contributed by atoms with E-state index in [-0.39, 0.29) is 11.1 Å². The van der Waals surface area contributed by atoms with E-state index in [1.165, 1.54) is 6.20 Å². The van der Waals surface area contributed by atoms with Gasteiger partial charge in [-0.25, -0.2) is 0 Å².